The van der Waals surface area contributed by atoms with Crippen molar-refractivity contribution in [1.82, 2.24) is 0 Å². The number of rotatable bonds is 5. The molecule has 0 N–H and O–H groups in total. The Balaban J connectivity index is 1.55. The van der Waals surface area contributed by atoms with E-state index in [1.54, 1.807) is 4.90 Å². The van der Waals surface area contributed by atoms with E-state index in [-0.39, 0.29) is 5.91 Å². The van der Waals surface area contributed by atoms with Crippen LogP contribution in [0.4, 0.5) is 5.69 Å². The lowest BCUT2D eigenvalue weighted by atomic mass is 10.0. The maximum absolute atomic E-state index is 13.3. The van der Waals surface area contributed by atoms with Gasteiger partial charge in [-0.05, 0) is 41.1 Å². The van der Waals surface area contributed by atoms with Gasteiger partial charge in [0.25, 0.3) is 5.91 Å². The molecule has 0 bridgehead atoms. The number of thiocarbonyl (C=S) groups is 1. The molecule has 0 radical (unpaired) electrons. The summed E-state index contributed by atoms with van der Waals surface area (Å²) in [7, 11) is 0. The van der Waals surface area contributed by atoms with Gasteiger partial charge in [0.05, 0.1) is 10.6 Å². The smallest absolute Gasteiger partial charge is 0.270 e. The van der Waals surface area contributed by atoms with Gasteiger partial charge in [-0.2, -0.15) is 0 Å². The van der Waals surface area contributed by atoms with Gasteiger partial charge in [0.1, 0.15) is 12.4 Å². The first kappa shape index (κ1) is 21.7. The number of hydrogen-bond acceptors (Lipinski definition) is 4. The molecule has 4 aromatic rings. The second-order valence-electron chi connectivity index (χ2n) is 7.43. The number of thioether (sulfide) groups is 1. The number of anilines is 1. The molecule has 1 heterocycles. The maximum Gasteiger partial charge on any atom is 0.270 e. The summed E-state index contributed by atoms with van der Waals surface area (Å²) in [4.78, 5) is 15.4. The first-order valence-electron chi connectivity index (χ1n) is 10.3. The third kappa shape index (κ3) is 4.40. The van der Waals surface area contributed by atoms with Crippen molar-refractivity contribution < 1.29 is 9.53 Å². The molecule has 1 amide bonds. The first-order valence-corrected chi connectivity index (χ1v) is 11.9. The van der Waals surface area contributed by atoms with Crippen molar-refractivity contribution in [3.8, 4) is 5.75 Å². The van der Waals surface area contributed by atoms with E-state index in [9.17, 15) is 4.79 Å². The Morgan fingerprint density at radius 3 is 2.45 bits per heavy atom. The van der Waals surface area contributed by atoms with Crippen LogP contribution < -0.4 is 9.64 Å². The van der Waals surface area contributed by atoms with Crippen LogP contribution in [0.5, 0.6) is 5.75 Å². The van der Waals surface area contributed by atoms with Crippen molar-refractivity contribution in [2.24, 2.45) is 0 Å². The summed E-state index contributed by atoms with van der Waals surface area (Å²) in [5.74, 6) is 0.541. The molecule has 0 aromatic heterocycles. The van der Waals surface area contributed by atoms with E-state index in [2.05, 4.69) is 0 Å². The Bertz CT molecular complexity index is 1400. The van der Waals surface area contributed by atoms with Crippen LogP contribution in [0.25, 0.3) is 16.8 Å². The molecule has 3 nitrogen and oxygen atoms in total. The Morgan fingerprint density at radius 2 is 1.64 bits per heavy atom. The van der Waals surface area contributed by atoms with E-state index in [1.165, 1.54) is 11.8 Å². The molecule has 1 saturated heterocycles. The van der Waals surface area contributed by atoms with Crippen molar-refractivity contribution in [2.45, 2.75) is 6.61 Å². The number of para-hydroxylation sites is 1. The number of amides is 1. The fourth-order valence-corrected chi connectivity index (χ4v) is 5.19. The fraction of sp³-hybridized carbons (Fsp3) is 0.0370. The second kappa shape index (κ2) is 9.40. The maximum atomic E-state index is 13.3. The number of carbonyl (C=O) groups is 1. The van der Waals surface area contributed by atoms with E-state index < -0.39 is 0 Å². The molecule has 33 heavy (non-hydrogen) atoms. The predicted molar refractivity (Wildman–Crippen MR) is 142 cm³/mol. The number of carbonyl (C=O) groups excluding carboxylic acids is 1. The summed E-state index contributed by atoms with van der Waals surface area (Å²) < 4.78 is 6.71. The average Bonchev–Trinajstić information content (AvgIpc) is 3.12. The van der Waals surface area contributed by atoms with Gasteiger partial charge in [-0.3, -0.25) is 9.69 Å². The highest BCUT2D eigenvalue weighted by Crippen LogP contribution is 2.39. The monoisotopic (exact) mass is 487 g/mol. The van der Waals surface area contributed by atoms with Gasteiger partial charge in [0.2, 0.25) is 0 Å². The normalized spacial score (nSPS) is 14.9. The SMILES string of the molecule is O=C1/C(=C\c2c(OCc3ccccc3Cl)ccc3ccccc23)SC(=S)N1c1ccccc1. The van der Waals surface area contributed by atoms with Crippen molar-refractivity contribution >= 4 is 68.3 Å². The van der Waals surface area contributed by atoms with Crippen molar-refractivity contribution in [2.75, 3.05) is 4.90 Å². The Hall–Kier alpha value is -3.12. The Labute approximate surface area is 206 Å². The van der Waals surface area contributed by atoms with Gasteiger partial charge in [-0.25, -0.2) is 0 Å². The van der Waals surface area contributed by atoms with Gasteiger partial charge in [-0.1, -0.05) is 102 Å². The number of hydrogen-bond donors (Lipinski definition) is 0. The minimum absolute atomic E-state index is 0.138. The molecule has 0 aliphatic carbocycles. The first-order chi connectivity index (χ1) is 16.1. The predicted octanol–water partition coefficient (Wildman–Crippen LogP) is 7.48. The molecule has 0 unspecified atom stereocenters. The van der Waals surface area contributed by atoms with Crippen molar-refractivity contribution in [3.05, 3.63) is 112 Å². The summed E-state index contributed by atoms with van der Waals surface area (Å²) in [6.45, 7) is 0.323. The van der Waals surface area contributed by atoms with Crippen LogP contribution in [-0.2, 0) is 11.4 Å². The summed E-state index contributed by atoms with van der Waals surface area (Å²) in [5, 5.41) is 2.72. The quantitative estimate of drug-likeness (QED) is 0.215. The molecule has 0 atom stereocenters. The number of fused-ring (bicyclic) bond motifs is 1. The van der Waals surface area contributed by atoms with Crippen LogP contribution in [0, 0.1) is 0 Å². The van der Waals surface area contributed by atoms with Crippen LogP contribution in [0.1, 0.15) is 11.1 Å². The van der Waals surface area contributed by atoms with Crippen LogP contribution in [0.15, 0.2) is 95.9 Å². The number of nitrogens with zero attached hydrogens (tertiary/aromatic N) is 1. The Morgan fingerprint density at radius 1 is 0.909 bits per heavy atom. The Kier molecular flexibility index (Phi) is 6.18. The van der Waals surface area contributed by atoms with Gasteiger partial charge in [0.15, 0.2) is 4.32 Å². The molecule has 1 fully saturated rings. The zero-order valence-corrected chi connectivity index (χ0v) is 19.8. The highest BCUT2D eigenvalue weighted by molar-refractivity contribution is 8.27. The van der Waals surface area contributed by atoms with Crippen LogP contribution in [0.3, 0.4) is 0 Å². The zero-order chi connectivity index (χ0) is 22.8. The van der Waals surface area contributed by atoms with Gasteiger partial charge in [0, 0.05) is 16.1 Å². The fourth-order valence-electron chi connectivity index (χ4n) is 3.72. The molecule has 0 spiro atoms. The summed E-state index contributed by atoms with van der Waals surface area (Å²) in [6.07, 6.45) is 1.88. The standard InChI is InChI=1S/C27H18ClNO2S2/c28-23-13-7-5-9-19(23)17-31-24-15-14-18-8-4-6-12-21(18)22(24)16-25-26(30)29(27(32)33-25)20-10-2-1-3-11-20/h1-16H,17H2/b25-16+. The second-order valence-corrected chi connectivity index (χ2v) is 9.51. The number of ether oxygens (including phenoxy) is 1. The van der Waals surface area contributed by atoms with Gasteiger partial charge >= 0.3 is 0 Å². The summed E-state index contributed by atoms with van der Waals surface area (Å²) in [5.41, 5.74) is 2.50. The minimum atomic E-state index is -0.138. The highest BCUT2D eigenvalue weighted by Gasteiger charge is 2.33. The van der Waals surface area contributed by atoms with Crippen LogP contribution >= 0.6 is 35.6 Å². The lowest BCUT2D eigenvalue weighted by Gasteiger charge is -2.14. The van der Waals surface area contributed by atoms with E-state index in [1.807, 2.05) is 97.1 Å². The van der Waals surface area contributed by atoms with E-state index in [0.717, 1.165) is 27.6 Å². The van der Waals surface area contributed by atoms with Crippen LogP contribution in [0.2, 0.25) is 5.02 Å². The molecule has 0 saturated carbocycles. The molecule has 1 aliphatic heterocycles. The molecule has 4 aromatic carbocycles. The third-order valence-electron chi connectivity index (χ3n) is 5.36. The van der Waals surface area contributed by atoms with Crippen LogP contribution in [-0.4, -0.2) is 10.2 Å². The third-order valence-corrected chi connectivity index (χ3v) is 7.03. The van der Waals surface area contributed by atoms with Gasteiger partial charge < -0.3 is 4.74 Å². The topological polar surface area (TPSA) is 29.5 Å². The number of benzene rings is 4. The molecule has 6 heteroatoms. The molecule has 1 aliphatic rings. The molecule has 5 rings (SSSR count). The highest BCUT2D eigenvalue weighted by atomic mass is 35.5. The van der Waals surface area contributed by atoms with E-state index in [4.69, 9.17) is 28.6 Å². The average molecular weight is 488 g/mol. The lowest BCUT2D eigenvalue weighted by Crippen LogP contribution is -2.27. The number of halogens is 1. The van der Waals surface area contributed by atoms with E-state index in [0.29, 0.717) is 26.6 Å². The summed E-state index contributed by atoms with van der Waals surface area (Å²) >= 11 is 13.1. The zero-order valence-electron chi connectivity index (χ0n) is 17.4. The van der Waals surface area contributed by atoms with Crippen molar-refractivity contribution in [1.29, 1.82) is 0 Å². The van der Waals surface area contributed by atoms with Crippen molar-refractivity contribution in [3.63, 3.8) is 0 Å². The summed E-state index contributed by atoms with van der Waals surface area (Å²) in [6, 6.07) is 29.0. The molecule has 162 valence electrons. The van der Waals surface area contributed by atoms with Gasteiger partial charge in [-0.15, -0.1) is 0 Å². The lowest BCUT2D eigenvalue weighted by molar-refractivity contribution is -0.113. The molecular formula is C27H18ClNO2S2. The minimum Gasteiger partial charge on any atom is -0.488 e. The van der Waals surface area contributed by atoms with E-state index >= 15 is 0 Å². The largest absolute Gasteiger partial charge is 0.488 e. The molecular weight excluding hydrogens is 470 g/mol.